The Labute approximate surface area is 91.4 Å². The Morgan fingerprint density at radius 3 is 2.73 bits per heavy atom. The highest BCUT2D eigenvalue weighted by Gasteiger charge is 2.03. The molecular weight excluding hydrogens is 190 g/mol. The molecule has 3 nitrogen and oxygen atoms in total. The van der Waals surface area contributed by atoms with Gasteiger partial charge < -0.3 is 14.8 Å². The lowest BCUT2D eigenvalue weighted by atomic mass is 10.2. The van der Waals surface area contributed by atoms with E-state index in [1.165, 1.54) is 5.56 Å². The fourth-order valence-electron chi connectivity index (χ4n) is 1.35. The van der Waals surface area contributed by atoms with E-state index >= 15 is 0 Å². The van der Waals surface area contributed by atoms with Crippen LogP contribution in [0.1, 0.15) is 12.5 Å². The van der Waals surface area contributed by atoms with Crippen LogP contribution in [-0.2, 0) is 0 Å². The highest BCUT2D eigenvalue weighted by atomic mass is 16.5. The first-order valence-electron chi connectivity index (χ1n) is 5.37. The van der Waals surface area contributed by atoms with E-state index < -0.39 is 0 Å². The molecular formula is C12H20NO2+. The molecule has 0 heterocycles. The molecule has 15 heavy (non-hydrogen) atoms. The molecule has 0 fully saturated rings. The lowest BCUT2D eigenvalue weighted by Crippen LogP contribution is -2.84. The van der Waals surface area contributed by atoms with Crippen LogP contribution in [0.25, 0.3) is 0 Å². The molecule has 0 aromatic heterocycles. The van der Waals surface area contributed by atoms with Crippen LogP contribution in [0.3, 0.4) is 0 Å². The molecule has 1 rings (SSSR count). The van der Waals surface area contributed by atoms with Crippen LogP contribution in [0, 0.1) is 6.92 Å². The highest BCUT2D eigenvalue weighted by Crippen LogP contribution is 2.27. The zero-order valence-electron chi connectivity index (χ0n) is 9.75. The van der Waals surface area contributed by atoms with Crippen molar-refractivity contribution in [1.29, 1.82) is 0 Å². The van der Waals surface area contributed by atoms with Gasteiger partial charge in [0.1, 0.15) is 13.2 Å². The van der Waals surface area contributed by atoms with Gasteiger partial charge in [0.15, 0.2) is 11.5 Å². The Morgan fingerprint density at radius 2 is 2.07 bits per heavy atom. The summed E-state index contributed by atoms with van der Waals surface area (Å²) in [6, 6.07) is 5.97. The molecule has 0 amide bonds. The van der Waals surface area contributed by atoms with Crippen molar-refractivity contribution in [3.05, 3.63) is 23.8 Å². The maximum atomic E-state index is 5.63. The van der Waals surface area contributed by atoms with Gasteiger partial charge in [0, 0.05) is 0 Å². The van der Waals surface area contributed by atoms with Crippen molar-refractivity contribution < 1.29 is 14.8 Å². The molecule has 0 aliphatic rings. The van der Waals surface area contributed by atoms with Gasteiger partial charge in [0.25, 0.3) is 0 Å². The van der Waals surface area contributed by atoms with Gasteiger partial charge in [0.2, 0.25) is 0 Å². The van der Waals surface area contributed by atoms with E-state index in [-0.39, 0.29) is 0 Å². The quantitative estimate of drug-likeness (QED) is 0.710. The monoisotopic (exact) mass is 210 g/mol. The molecule has 3 heteroatoms. The smallest absolute Gasteiger partial charge is 0.161 e. The third kappa shape index (κ3) is 3.80. The summed E-state index contributed by atoms with van der Waals surface area (Å²) in [5.41, 5.74) is 1.18. The molecule has 0 saturated carbocycles. The summed E-state index contributed by atoms with van der Waals surface area (Å²) in [5, 5.41) is 2.21. The molecule has 0 atom stereocenters. The Morgan fingerprint density at radius 1 is 1.27 bits per heavy atom. The van der Waals surface area contributed by atoms with Crippen molar-refractivity contribution in [3.8, 4) is 11.5 Å². The molecule has 0 saturated heterocycles. The minimum atomic E-state index is 0.716. The molecule has 0 aliphatic carbocycles. The van der Waals surface area contributed by atoms with Gasteiger partial charge in [-0.1, -0.05) is 6.07 Å². The lowest BCUT2D eigenvalue weighted by molar-refractivity contribution is -0.652. The molecule has 0 spiro atoms. The van der Waals surface area contributed by atoms with Crippen LogP contribution < -0.4 is 14.8 Å². The summed E-state index contributed by atoms with van der Waals surface area (Å²) < 4.78 is 10.9. The Balaban J connectivity index is 2.52. The van der Waals surface area contributed by atoms with Crippen LogP contribution in [0.2, 0.25) is 0 Å². The summed E-state index contributed by atoms with van der Waals surface area (Å²) in [6.07, 6.45) is 0. The van der Waals surface area contributed by atoms with Crippen LogP contribution in [-0.4, -0.2) is 26.8 Å². The van der Waals surface area contributed by atoms with Crippen molar-refractivity contribution in [2.45, 2.75) is 13.8 Å². The highest BCUT2D eigenvalue weighted by molar-refractivity contribution is 5.42. The van der Waals surface area contributed by atoms with Crippen molar-refractivity contribution >= 4 is 0 Å². The molecule has 0 aliphatic heterocycles. The van der Waals surface area contributed by atoms with Gasteiger partial charge in [0.05, 0.1) is 13.7 Å². The van der Waals surface area contributed by atoms with Gasteiger partial charge >= 0.3 is 0 Å². The SMILES string of the molecule is CC[NH2+]CCOc1ccc(C)cc1OC. The molecule has 0 unspecified atom stereocenters. The van der Waals surface area contributed by atoms with E-state index in [0.717, 1.165) is 24.6 Å². The topological polar surface area (TPSA) is 35.1 Å². The number of ether oxygens (including phenoxy) is 2. The third-order valence-electron chi connectivity index (χ3n) is 2.19. The minimum Gasteiger partial charge on any atom is -0.493 e. The second-order valence-electron chi connectivity index (χ2n) is 3.49. The van der Waals surface area contributed by atoms with Crippen LogP contribution in [0.4, 0.5) is 0 Å². The van der Waals surface area contributed by atoms with E-state index in [2.05, 4.69) is 12.2 Å². The summed E-state index contributed by atoms with van der Waals surface area (Å²) >= 11 is 0. The van der Waals surface area contributed by atoms with E-state index in [9.17, 15) is 0 Å². The van der Waals surface area contributed by atoms with Crippen molar-refractivity contribution in [2.75, 3.05) is 26.8 Å². The van der Waals surface area contributed by atoms with Crippen molar-refractivity contribution in [1.82, 2.24) is 0 Å². The first kappa shape index (κ1) is 11.9. The third-order valence-corrected chi connectivity index (χ3v) is 2.19. The maximum absolute atomic E-state index is 5.63. The average molecular weight is 210 g/mol. The molecule has 84 valence electrons. The summed E-state index contributed by atoms with van der Waals surface area (Å²) in [6.45, 7) is 6.96. The largest absolute Gasteiger partial charge is 0.493 e. The fourth-order valence-corrected chi connectivity index (χ4v) is 1.35. The maximum Gasteiger partial charge on any atom is 0.161 e. The number of methoxy groups -OCH3 is 1. The van der Waals surface area contributed by atoms with Gasteiger partial charge in [-0.25, -0.2) is 0 Å². The van der Waals surface area contributed by atoms with Gasteiger partial charge in [-0.05, 0) is 31.5 Å². The predicted molar refractivity (Wildman–Crippen MR) is 60.6 cm³/mol. The van der Waals surface area contributed by atoms with E-state index in [4.69, 9.17) is 9.47 Å². The number of benzene rings is 1. The number of aryl methyl sites for hydroxylation is 1. The van der Waals surface area contributed by atoms with E-state index in [1.54, 1.807) is 7.11 Å². The number of likely N-dealkylation sites (N-methyl/N-ethyl adjacent to an activating group) is 1. The van der Waals surface area contributed by atoms with Gasteiger partial charge in [-0.3, -0.25) is 0 Å². The Kier molecular flexibility index (Phi) is 4.98. The van der Waals surface area contributed by atoms with Gasteiger partial charge in [-0.2, -0.15) is 0 Å². The van der Waals surface area contributed by atoms with Crippen molar-refractivity contribution in [3.63, 3.8) is 0 Å². The van der Waals surface area contributed by atoms with Crippen LogP contribution in [0.5, 0.6) is 11.5 Å². The zero-order chi connectivity index (χ0) is 11.1. The second kappa shape index (κ2) is 6.30. The average Bonchev–Trinajstić information content (AvgIpc) is 2.26. The Bertz CT molecular complexity index is 300. The number of nitrogens with two attached hydrogens (primary N) is 1. The molecule has 1 aromatic carbocycles. The zero-order valence-corrected chi connectivity index (χ0v) is 9.75. The van der Waals surface area contributed by atoms with Gasteiger partial charge in [-0.15, -0.1) is 0 Å². The Hall–Kier alpha value is -1.22. The van der Waals surface area contributed by atoms with Crippen LogP contribution in [0.15, 0.2) is 18.2 Å². The predicted octanol–water partition coefficient (Wildman–Crippen LogP) is 0.966. The van der Waals surface area contributed by atoms with Crippen LogP contribution >= 0.6 is 0 Å². The summed E-state index contributed by atoms with van der Waals surface area (Å²) in [7, 11) is 1.67. The van der Waals surface area contributed by atoms with Crippen molar-refractivity contribution in [2.24, 2.45) is 0 Å². The normalized spacial score (nSPS) is 10.1. The number of hydrogen-bond donors (Lipinski definition) is 1. The van der Waals surface area contributed by atoms with E-state index in [0.29, 0.717) is 6.61 Å². The molecule has 1 aromatic rings. The first-order valence-corrected chi connectivity index (χ1v) is 5.37. The lowest BCUT2D eigenvalue weighted by Gasteiger charge is -2.10. The molecule has 2 N–H and O–H groups in total. The number of hydrogen-bond acceptors (Lipinski definition) is 2. The standard InChI is InChI=1S/C12H19NO2/c1-4-13-7-8-15-11-6-5-10(2)9-12(11)14-3/h5-6,9,13H,4,7-8H2,1-3H3/p+1. The molecule has 0 radical (unpaired) electrons. The number of quaternary nitrogens is 1. The minimum absolute atomic E-state index is 0.716. The van der Waals surface area contributed by atoms with E-state index in [1.807, 2.05) is 25.1 Å². The first-order chi connectivity index (χ1) is 7.27. The second-order valence-corrected chi connectivity index (χ2v) is 3.49. The summed E-state index contributed by atoms with van der Waals surface area (Å²) in [5.74, 6) is 1.64. The fraction of sp³-hybridized carbons (Fsp3) is 0.500. The molecule has 0 bridgehead atoms. The summed E-state index contributed by atoms with van der Waals surface area (Å²) in [4.78, 5) is 0. The number of rotatable bonds is 6.